The number of fused-ring (bicyclic) bond motifs is 5. The maximum atomic E-state index is 5.82. The highest BCUT2D eigenvalue weighted by Crippen LogP contribution is 2.37. The van der Waals surface area contributed by atoms with E-state index in [0.29, 0.717) is 6.61 Å². The number of nitrogens with two attached hydrogens (primary N) is 5. The van der Waals surface area contributed by atoms with Gasteiger partial charge in [-0.05, 0) is 80.6 Å². The number of morpholine rings is 2. The Labute approximate surface area is 566 Å². The van der Waals surface area contributed by atoms with Crippen molar-refractivity contribution in [1.29, 1.82) is 0 Å². The first-order chi connectivity index (χ1) is 47.0. The van der Waals surface area contributed by atoms with E-state index in [4.69, 9.17) is 61.8 Å². The number of nitrogens with zero attached hydrogens (tertiary/aromatic N) is 13. The van der Waals surface area contributed by atoms with Gasteiger partial charge in [-0.3, -0.25) is 14.7 Å². The van der Waals surface area contributed by atoms with Gasteiger partial charge in [-0.25, -0.2) is 9.97 Å². The quantitative estimate of drug-likeness (QED) is 0.0673. The fourth-order valence-corrected chi connectivity index (χ4v) is 12.9. The first-order valence-corrected chi connectivity index (χ1v) is 34.3. The fraction of sp³-hybridized carbons (Fsp3) is 0.493. The lowest BCUT2D eigenvalue weighted by atomic mass is 10.2. The average Bonchev–Trinajstić information content (AvgIpc) is 0.995. The van der Waals surface area contributed by atoms with Gasteiger partial charge in [-0.2, -0.15) is 0 Å². The number of piperazine rings is 1. The van der Waals surface area contributed by atoms with Crippen molar-refractivity contribution in [2.45, 2.75) is 25.9 Å². The maximum absolute atomic E-state index is 5.82. The van der Waals surface area contributed by atoms with E-state index in [0.717, 1.165) is 258 Å². The van der Waals surface area contributed by atoms with Crippen LogP contribution in [0.5, 0.6) is 28.7 Å². The molecule has 0 amide bonds. The number of aromatic nitrogens is 4. The van der Waals surface area contributed by atoms with Crippen LogP contribution in [0.2, 0.25) is 0 Å². The van der Waals surface area contributed by atoms with Crippen molar-refractivity contribution in [3.8, 4) is 28.7 Å². The standard InChI is InChI=1S/C15H24N4O.C15H23N3O2.C14H18N4O.C14H21N3O2.C13H16N4O/c1-17-4-6-18(7-5-17)8-9-19-10-11-20-15-12-13(16)2-3-14(15)19;16-13-2-3-14-15(12-13)20-11-8-18(14)5-1-4-17-6-9-19-10-7-17;15-12-2-3-13-14(10-12)19-9-8-18(13)6-1-5-17-7-4-16-11-17;15-12-1-2-13-14(11-12)19-10-7-17(13)4-3-16-5-8-18-9-6-16;14-11-1-2-12-13(9-11)18-8-7-17(12)6-5-16-4-3-15-10-16/h2-3,12H,4-11,16H2,1H3;2-3,12H,1,4-11,16H2;2-4,7,10-11H,1,5-6,8-9,15H2;1-2,11H,3-10,15H2;1-4,9-10H,5-8,14H2. The topological polar surface area (TPSA) is 260 Å². The number of anilines is 10. The van der Waals surface area contributed by atoms with E-state index in [2.05, 4.69) is 88.4 Å². The number of imidazole rings is 2. The number of likely N-dealkylation sites (N-methyl/N-ethyl adjacent to an activating group) is 1. The molecule has 0 radical (unpaired) electrons. The normalized spacial score (nSPS) is 17.7. The predicted octanol–water partition coefficient (Wildman–Crippen LogP) is 5.82. The third kappa shape index (κ3) is 20.2. The van der Waals surface area contributed by atoms with E-state index in [1.165, 1.54) is 44.0 Å². The van der Waals surface area contributed by atoms with Crippen LogP contribution in [0.15, 0.2) is 128 Å². The van der Waals surface area contributed by atoms with E-state index in [-0.39, 0.29) is 0 Å². The van der Waals surface area contributed by atoms with Crippen molar-refractivity contribution < 1.29 is 33.2 Å². The number of ether oxygens (including phenoxy) is 7. The fourth-order valence-electron chi connectivity index (χ4n) is 12.9. The van der Waals surface area contributed by atoms with Crippen molar-refractivity contribution in [2.75, 3.05) is 257 Å². The van der Waals surface area contributed by atoms with Crippen molar-refractivity contribution in [1.82, 2.24) is 38.7 Å². The molecule has 0 atom stereocenters. The Bertz CT molecular complexity index is 3440. The molecule has 8 aliphatic rings. The van der Waals surface area contributed by atoms with Gasteiger partial charge in [0.25, 0.3) is 0 Å². The van der Waals surface area contributed by atoms with E-state index in [9.17, 15) is 0 Å². The Hall–Kier alpha value is -8.72. The molecular weight excluding hydrogens is 1220 g/mol. The number of aryl methyl sites for hydroxylation is 1. The van der Waals surface area contributed by atoms with Gasteiger partial charge in [0.15, 0.2) is 0 Å². The molecule has 518 valence electrons. The second-order valence-corrected chi connectivity index (χ2v) is 25.2. The minimum absolute atomic E-state index is 0.709. The maximum Gasteiger partial charge on any atom is 0.144 e. The van der Waals surface area contributed by atoms with Crippen LogP contribution < -0.4 is 76.9 Å². The van der Waals surface area contributed by atoms with Crippen molar-refractivity contribution in [2.24, 2.45) is 0 Å². The molecule has 3 saturated heterocycles. The first-order valence-electron chi connectivity index (χ1n) is 34.3. The summed E-state index contributed by atoms with van der Waals surface area (Å²) in [6.07, 6.45) is 13.5. The average molecular weight is 1320 g/mol. The van der Waals surface area contributed by atoms with Crippen molar-refractivity contribution in [3.63, 3.8) is 0 Å². The molecule has 0 unspecified atom stereocenters. The third-order valence-electron chi connectivity index (χ3n) is 18.4. The summed E-state index contributed by atoms with van der Waals surface area (Å²) in [5.41, 5.74) is 38.5. The zero-order valence-electron chi connectivity index (χ0n) is 56.2. The number of benzene rings is 5. The minimum atomic E-state index is 0.709. The third-order valence-corrected chi connectivity index (χ3v) is 18.4. The van der Waals surface area contributed by atoms with Crippen LogP contribution in [0.3, 0.4) is 0 Å². The summed E-state index contributed by atoms with van der Waals surface area (Å²) in [6.45, 7) is 31.1. The number of hydrogen-bond donors (Lipinski definition) is 5. The molecule has 5 aromatic carbocycles. The Balaban J connectivity index is 0.000000122. The van der Waals surface area contributed by atoms with Gasteiger partial charge >= 0.3 is 0 Å². The highest BCUT2D eigenvalue weighted by molar-refractivity contribution is 5.68. The summed E-state index contributed by atoms with van der Waals surface area (Å²) in [7, 11) is 2.19. The SMILES string of the molecule is CN1CCN(CCN2CCOc3cc(N)ccc32)CC1.Nc1ccc2c(c1)OCCN2CCCN1CCOCC1.Nc1ccc2c(c1)OCCN2CCCn1ccnc1.Nc1ccc2c(c1)OCCN2CCN1CCOCC1.Nc1ccc2c(c1)OCCN2CCn1ccnc1. The summed E-state index contributed by atoms with van der Waals surface area (Å²) >= 11 is 0. The van der Waals surface area contributed by atoms with Crippen molar-refractivity contribution >= 4 is 56.9 Å². The lowest BCUT2D eigenvalue weighted by Gasteiger charge is -2.36. The minimum Gasteiger partial charge on any atom is -0.489 e. The van der Waals surface area contributed by atoms with Crippen LogP contribution in [0.4, 0.5) is 56.9 Å². The zero-order valence-corrected chi connectivity index (χ0v) is 56.2. The molecule has 25 heteroatoms. The lowest BCUT2D eigenvalue weighted by molar-refractivity contribution is 0.0376. The van der Waals surface area contributed by atoms with Crippen molar-refractivity contribution in [3.05, 3.63) is 128 Å². The van der Waals surface area contributed by atoms with Gasteiger partial charge < -0.3 is 100 Å². The molecule has 25 nitrogen and oxygen atoms in total. The molecular formula is C71H102N18O7. The largest absolute Gasteiger partial charge is 0.489 e. The summed E-state index contributed by atoms with van der Waals surface area (Å²) in [5.74, 6) is 4.53. The molecule has 15 rings (SSSR count). The van der Waals surface area contributed by atoms with Crippen LogP contribution in [0, 0.1) is 0 Å². The van der Waals surface area contributed by atoms with Crippen LogP contribution in [-0.2, 0) is 22.6 Å². The second-order valence-electron chi connectivity index (χ2n) is 25.2. The van der Waals surface area contributed by atoms with E-state index >= 15 is 0 Å². The summed E-state index contributed by atoms with van der Waals surface area (Å²) in [5, 5.41) is 0. The highest BCUT2D eigenvalue weighted by atomic mass is 16.5. The van der Waals surface area contributed by atoms with Gasteiger partial charge in [0.05, 0.1) is 100 Å². The van der Waals surface area contributed by atoms with Crippen LogP contribution in [0.1, 0.15) is 12.8 Å². The van der Waals surface area contributed by atoms with Crippen LogP contribution >= 0.6 is 0 Å². The van der Waals surface area contributed by atoms with Gasteiger partial charge in [0.1, 0.15) is 61.8 Å². The monoisotopic (exact) mass is 1320 g/mol. The summed E-state index contributed by atoms with van der Waals surface area (Å²) < 4.78 is 43.3. The Morgan fingerprint density at radius 1 is 0.312 bits per heavy atom. The second kappa shape index (κ2) is 35.3. The van der Waals surface area contributed by atoms with Gasteiger partial charge in [-0.15, -0.1) is 0 Å². The highest BCUT2D eigenvalue weighted by Gasteiger charge is 2.25. The predicted molar refractivity (Wildman–Crippen MR) is 385 cm³/mol. The molecule has 96 heavy (non-hydrogen) atoms. The summed E-state index contributed by atoms with van der Waals surface area (Å²) in [4.78, 5) is 29.8. The summed E-state index contributed by atoms with van der Waals surface area (Å²) in [6, 6.07) is 29.5. The molecule has 0 bridgehead atoms. The van der Waals surface area contributed by atoms with Gasteiger partial charge in [0, 0.05) is 201 Å². The lowest BCUT2D eigenvalue weighted by Crippen LogP contribution is -2.47. The Morgan fingerprint density at radius 3 is 0.958 bits per heavy atom. The van der Waals surface area contributed by atoms with Crippen LogP contribution in [0.25, 0.3) is 0 Å². The van der Waals surface area contributed by atoms with E-state index in [1.54, 1.807) is 6.20 Å². The molecule has 0 spiro atoms. The molecule has 2 aromatic heterocycles. The zero-order chi connectivity index (χ0) is 66.3. The molecule has 10 heterocycles. The molecule has 0 aliphatic carbocycles. The Morgan fingerprint density at radius 2 is 0.615 bits per heavy atom. The number of nitrogen functional groups attached to an aromatic ring is 5. The molecule has 0 saturated carbocycles. The van der Waals surface area contributed by atoms with E-state index < -0.39 is 0 Å². The van der Waals surface area contributed by atoms with Crippen LogP contribution in [-0.4, -0.2) is 243 Å². The van der Waals surface area contributed by atoms with Gasteiger partial charge in [0.2, 0.25) is 0 Å². The number of hydrogen-bond acceptors (Lipinski definition) is 23. The smallest absolute Gasteiger partial charge is 0.144 e. The molecule has 10 N–H and O–H groups in total. The Kier molecular flexibility index (Phi) is 25.3. The first kappa shape index (κ1) is 68.7. The van der Waals surface area contributed by atoms with E-state index in [1.807, 2.05) is 104 Å². The molecule has 7 aromatic rings. The van der Waals surface area contributed by atoms with Gasteiger partial charge in [-0.1, -0.05) is 0 Å². The molecule has 8 aliphatic heterocycles. The number of rotatable bonds is 17. The molecule has 3 fully saturated rings.